The highest BCUT2D eigenvalue weighted by Crippen LogP contribution is 2.50. The van der Waals surface area contributed by atoms with Crippen LogP contribution >= 0.6 is 15.9 Å². The number of rotatable bonds is 3. The number of pyridine rings is 1. The van der Waals surface area contributed by atoms with E-state index >= 15 is 0 Å². The molecule has 1 aromatic rings. The zero-order chi connectivity index (χ0) is 13.5. The maximum atomic E-state index is 4.35. The van der Waals surface area contributed by atoms with Crippen LogP contribution in [0.25, 0.3) is 0 Å². The molecular formula is C15H21BrN4. The predicted octanol–water partition coefficient (Wildman–Crippen LogP) is 1.72. The summed E-state index contributed by atoms with van der Waals surface area (Å²) in [6.07, 6.45) is 6.64. The number of halogens is 1. The number of nitrogens with zero attached hydrogens (tertiary/aromatic N) is 3. The minimum absolute atomic E-state index is 0.674. The van der Waals surface area contributed by atoms with Crippen LogP contribution in [0.4, 0.5) is 5.69 Å². The van der Waals surface area contributed by atoms with Crippen molar-refractivity contribution in [3.63, 3.8) is 0 Å². The number of hydrogen-bond donors (Lipinski definition) is 1. The number of anilines is 1. The van der Waals surface area contributed by atoms with E-state index in [2.05, 4.69) is 42.1 Å². The zero-order valence-electron chi connectivity index (χ0n) is 11.6. The molecule has 3 aliphatic rings. The van der Waals surface area contributed by atoms with E-state index in [1.165, 1.54) is 38.2 Å². The van der Waals surface area contributed by atoms with E-state index in [0.29, 0.717) is 6.04 Å². The Hall–Kier alpha value is -0.650. The van der Waals surface area contributed by atoms with E-state index in [1.54, 1.807) is 0 Å². The molecule has 0 radical (unpaired) electrons. The molecule has 2 aliphatic heterocycles. The molecule has 3 atom stereocenters. The highest BCUT2D eigenvalue weighted by molar-refractivity contribution is 9.10. The summed E-state index contributed by atoms with van der Waals surface area (Å²) in [4.78, 5) is 9.61. The Morgan fingerprint density at radius 3 is 2.90 bits per heavy atom. The Morgan fingerprint density at radius 1 is 1.25 bits per heavy atom. The quantitative estimate of drug-likeness (QED) is 0.910. The van der Waals surface area contributed by atoms with E-state index in [-0.39, 0.29) is 0 Å². The summed E-state index contributed by atoms with van der Waals surface area (Å²) in [5.41, 5.74) is 1.30. The number of hydrogen-bond acceptors (Lipinski definition) is 4. The predicted molar refractivity (Wildman–Crippen MR) is 84.0 cm³/mol. The fourth-order valence-electron chi connectivity index (χ4n) is 3.86. The summed E-state index contributed by atoms with van der Waals surface area (Å²) in [6.45, 7) is 5.87. The molecule has 3 heterocycles. The van der Waals surface area contributed by atoms with Gasteiger partial charge in [-0.25, -0.2) is 0 Å². The smallest absolute Gasteiger partial charge is 0.0569 e. The molecule has 2 saturated heterocycles. The summed E-state index contributed by atoms with van der Waals surface area (Å²) >= 11 is 3.55. The summed E-state index contributed by atoms with van der Waals surface area (Å²) in [5.74, 6) is 0.932. The van der Waals surface area contributed by atoms with E-state index in [9.17, 15) is 0 Å². The van der Waals surface area contributed by atoms with Gasteiger partial charge >= 0.3 is 0 Å². The van der Waals surface area contributed by atoms with Crippen molar-refractivity contribution in [3.8, 4) is 0 Å². The fourth-order valence-corrected chi connectivity index (χ4v) is 4.21. The van der Waals surface area contributed by atoms with Crippen LogP contribution in [0.1, 0.15) is 12.8 Å². The largest absolute Gasteiger partial charge is 0.363 e. The Kier molecular flexibility index (Phi) is 3.44. The first-order valence-electron chi connectivity index (χ1n) is 7.63. The van der Waals surface area contributed by atoms with Gasteiger partial charge in [0.2, 0.25) is 0 Å². The van der Waals surface area contributed by atoms with E-state index < -0.39 is 0 Å². The third kappa shape index (κ3) is 2.47. The maximum absolute atomic E-state index is 4.35. The Labute approximate surface area is 128 Å². The van der Waals surface area contributed by atoms with Crippen LogP contribution < -0.4 is 10.2 Å². The lowest BCUT2D eigenvalue weighted by molar-refractivity contribution is 0.224. The number of piperazine rings is 1. The average molecular weight is 337 g/mol. The minimum Gasteiger partial charge on any atom is -0.363 e. The van der Waals surface area contributed by atoms with Crippen LogP contribution in [-0.4, -0.2) is 54.7 Å². The van der Waals surface area contributed by atoms with Crippen molar-refractivity contribution in [1.82, 2.24) is 15.2 Å². The third-order valence-electron chi connectivity index (χ3n) is 4.88. The molecule has 1 aromatic heterocycles. The van der Waals surface area contributed by atoms with Gasteiger partial charge in [-0.05, 0) is 40.8 Å². The molecule has 1 saturated carbocycles. The normalized spacial score (nSPS) is 33.2. The van der Waals surface area contributed by atoms with Gasteiger partial charge in [-0.3, -0.25) is 9.88 Å². The average Bonchev–Trinajstić information content (AvgIpc) is 3.11. The van der Waals surface area contributed by atoms with Gasteiger partial charge in [-0.15, -0.1) is 0 Å². The van der Waals surface area contributed by atoms with Crippen molar-refractivity contribution in [3.05, 3.63) is 22.9 Å². The molecule has 1 N–H and O–H groups in total. The van der Waals surface area contributed by atoms with E-state index in [0.717, 1.165) is 29.5 Å². The Bertz CT molecular complexity index is 489. The summed E-state index contributed by atoms with van der Waals surface area (Å²) < 4.78 is 1.08. The second-order valence-electron chi connectivity index (χ2n) is 6.27. The number of aromatic nitrogens is 1. The van der Waals surface area contributed by atoms with Gasteiger partial charge in [-0.1, -0.05) is 0 Å². The van der Waals surface area contributed by atoms with E-state index in [1.807, 2.05) is 12.4 Å². The first-order chi connectivity index (χ1) is 9.81. The standard InChI is InChI=1S/C15H21BrN4/c16-12-7-13(9-18-8-12)20-14(5-11-6-15(11)20)10-19-3-1-17-2-4-19/h7-9,11,14-15,17H,1-6,10H2. The molecular weight excluding hydrogens is 316 g/mol. The topological polar surface area (TPSA) is 31.4 Å². The highest BCUT2D eigenvalue weighted by atomic mass is 79.9. The molecule has 0 spiro atoms. The van der Waals surface area contributed by atoms with Crippen molar-refractivity contribution < 1.29 is 0 Å². The molecule has 3 unspecified atom stereocenters. The molecule has 20 heavy (non-hydrogen) atoms. The SMILES string of the molecule is Brc1cncc(N2C(CN3CCNCC3)CC3CC32)c1. The molecule has 4 nitrogen and oxygen atoms in total. The highest BCUT2D eigenvalue weighted by Gasteiger charge is 2.52. The van der Waals surface area contributed by atoms with Crippen LogP contribution in [-0.2, 0) is 0 Å². The van der Waals surface area contributed by atoms with Crippen molar-refractivity contribution >= 4 is 21.6 Å². The van der Waals surface area contributed by atoms with Crippen molar-refractivity contribution in [2.45, 2.75) is 24.9 Å². The van der Waals surface area contributed by atoms with Crippen molar-refractivity contribution in [2.24, 2.45) is 5.92 Å². The number of piperidine rings is 1. The molecule has 3 fully saturated rings. The summed E-state index contributed by atoms with van der Waals surface area (Å²) in [5, 5.41) is 3.44. The first-order valence-corrected chi connectivity index (χ1v) is 8.42. The van der Waals surface area contributed by atoms with Crippen LogP contribution in [0.3, 0.4) is 0 Å². The van der Waals surface area contributed by atoms with Crippen LogP contribution in [0.2, 0.25) is 0 Å². The molecule has 5 heteroatoms. The lowest BCUT2D eigenvalue weighted by atomic mass is 10.1. The zero-order valence-corrected chi connectivity index (χ0v) is 13.2. The van der Waals surface area contributed by atoms with Gasteiger partial charge in [0.25, 0.3) is 0 Å². The second-order valence-corrected chi connectivity index (χ2v) is 7.19. The molecule has 0 aromatic carbocycles. The van der Waals surface area contributed by atoms with Gasteiger partial charge < -0.3 is 10.2 Å². The number of nitrogens with one attached hydrogen (secondary N) is 1. The summed E-state index contributed by atoms with van der Waals surface area (Å²) in [7, 11) is 0. The van der Waals surface area contributed by atoms with Crippen molar-refractivity contribution in [2.75, 3.05) is 37.6 Å². The monoisotopic (exact) mass is 336 g/mol. The molecule has 4 rings (SSSR count). The van der Waals surface area contributed by atoms with Gasteiger partial charge in [-0.2, -0.15) is 0 Å². The van der Waals surface area contributed by atoms with Gasteiger partial charge in [0, 0.05) is 55.5 Å². The van der Waals surface area contributed by atoms with Gasteiger partial charge in [0.05, 0.1) is 11.9 Å². The van der Waals surface area contributed by atoms with Crippen LogP contribution in [0.5, 0.6) is 0 Å². The van der Waals surface area contributed by atoms with Crippen molar-refractivity contribution in [1.29, 1.82) is 0 Å². The number of fused-ring (bicyclic) bond motifs is 1. The molecule has 108 valence electrons. The summed E-state index contributed by atoms with van der Waals surface area (Å²) in [6, 6.07) is 3.67. The van der Waals surface area contributed by atoms with E-state index in [4.69, 9.17) is 0 Å². The van der Waals surface area contributed by atoms with Gasteiger partial charge in [0.1, 0.15) is 0 Å². The van der Waals surface area contributed by atoms with Crippen LogP contribution in [0, 0.1) is 5.92 Å². The molecule has 0 amide bonds. The van der Waals surface area contributed by atoms with Gasteiger partial charge in [0.15, 0.2) is 0 Å². The lowest BCUT2D eigenvalue weighted by Gasteiger charge is -2.35. The lowest BCUT2D eigenvalue weighted by Crippen LogP contribution is -2.49. The second kappa shape index (κ2) is 5.28. The molecule has 0 bridgehead atoms. The Morgan fingerprint density at radius 2 is 2.10 bits per heavy atom. The fraction of sp³-hybridized carbons (Fsp3) is 0.667. The Balaban J connectivity index is 1.50. The minimum atomic E-state index is 0.674. The maximum Gasteiger partial charge on any atom is 0.0569 e. The molecule has 1 aliphatic carbocycles. The first kappa shape index (κ1) is 13.0. The third-order valence-corrected chi connectivity index (χ3v) is 5.31. The van der Waals surface area contributed by atoms with Crippen LogP contribution in [0.15, 0.2) is 22.9 Å².